The fraction of sp³-hybridized carbons (Fsp3) is 0.222. The first-order chi connectivity index (χ1) is 5.15. The average molecular weight is 213 g/mol. The van der Waals surface area contributed by atoms with Crippen LogP contribution in [-0.2, 0) is 0 Å². The van der Waals surface area contributed by atoms with Gasteiger partial charge in [-0.15, -0.1) is 0 Å². The molecule has 0 fully saturated rings. The molecule has 0 aromatic heterocycles. The van der Waals surface area contributed by atoms with Crippen LogP contribution in [0.3, 0.4) is 0 Å². The molecular weight excluding hydrogens is 204 g/mol. The second-order valence-corrected chi connectivity index (χ2v) is 3.43. The summed E-state index contributed by atoms with van der Waals surface area (Å²) in [7, 11) is 0. The van der Waals surface area contributed by atoms with E-state index in [1.807, 2.05) is 26.0 Å². The summed E-state index contributed by atoms with van der Waals surface area (Å²) in [5.74, 6) is 0. The number of benzene rings is 1. The summed E-state index contributed by atoms with van der Waals surface area (Å²) in [5, 5.41) is 0. The molecule has 1 aromatic rings. The number of hydrogen-bond donors (Lipinski definition) is 0. The van der Waals surface area contributed by atoms with Gasteiger partial charge in [0, 0.05) is 10.0 Å². The fourth-order valence-electron chi connectivity index (χ4n) is 0.964. The molecule has 1 aromatic carbocycles. The molecule has 0 bridgehead atoms. The van der Waals surface area contributed by atoms with Crippen molar-refractivity contribution in [3.63, 3.8) is 0 Å². The molecule has 0 spiro atoms. The van der Waals surface area contributed by atoms with E-state index in [1.54, 1.807) is 0 Å². The van der Waals surface area contributed by atoms with E-state index >= 15 is 0 Å². The van der Waals surface area contributed by atoms with Gasteiger partial charge in [-0.2, -0.15) is 0 Å². The summed E-state index contributed by atoms with van der Waals surface area (Å²) in [6.07, 6.45) is 0.882. The Labute approximate surface area is 74.6 Å². The minimum Gasteiger partial charge on any atom is -0.298 e. The average Bonchev–Trinajstić information content (AvgIpc) is 1.96. The van der Waals surface area contributed by atoms with Crippen LogP contribution in [0.2, 0.25) is 0 Å². The van der Waals surface area contributed by atoms with E-state index in [9.17, 15) is 4.79 Å². The summed E-state index contributed by atoms with van der Waals surface area (Å²) in [5.41, 5.74) is 2.87. The van der Waals surface area contributed by atoms with Crippen molar-refractivity contribution in [1.29, 1.82) is 0 Å². The van der Waals surface area contributed by atoms with Crippen LogP contribution in [0.4, 0.5) is 0 Å². The lowest BCUT2D eigenvalue weighted by atomic mass is 10.1. The zero-order chi connectivity index (χ0) is 8.43. The lowest BCUT2D eigenvalue weighted by molar-refractivity contribution is 0.112. The van der Waals surface area contributed by atoms with Gasteiger partial charge in [0.05, 0.1) is 0 Å². The van der Waals surface area contributed by atoms with Crippen LogP contribution >= 0.6 is 15.9 Å². The van der Waals surface area contributed by atoms with E-state index in [0.29, 0.717) is 0 Å². The van der Waals surface area contributed by atoms with Crippen molar-refractivity contribution in [3.8, 4) is 0 Å². The second kappa shape index (κ2) is 3.18. The minimum absolute atomic E-state index is 0.761. The van der Waals surface area contributed by atoms with Crippen LogP contribution in [0, 0.1) is 13.8 Å². The van der Waals surface area contributed by atoms with Crippen LogP contribution in [-0.4, -0.2) is 6.29 Å². The molecule has 1 rings (SSSR count). The van der Waals surface area contributed by atoms with Gasteiger partial charge in [0.2, 0.25) is 0 Å². The van der Waals surface area contributed by atoms with Crippen molar-refractivity contribution in [3.05, 3.63) is 33.3 Å². The molecule has 0 saturated heterocycles. The number of carbonyl (C=O) groups is 1. The summed E-state index contributed by atoms with van der Waals surface area (Å²) >= 11 is 3.38. The largest absolute Gasteiger partial charge is 0.298 e. The van der Waals surface area contributed by atoms with Crippen molar-refractivity contribution in [2.24, 2.45) is 0 Å². The Balaban J connectivity index is 3.35. The molecule has 1 nitrogen and oxygen atoms in total. The van der Waals surface area contributed by atoms with E-state index < -0.39 is 0 Å². The molecule has 0 amide bonds. The van der Waals surface area contributed by atoms with Gasteiger partial charge in [0.25, 0.3) is 0 Å². The van der Waals surface area contributed by atoms with Crippen molar-refractivity contribution in [2.75, 3.05) is 0 Å². The number of halogens is 1. The van der Waals surface area contributed by atoms with Crippen molar-refractivity contribution < 1.29 is 4.79 Å². The third kappa shape index (κ3) is 1.69. The van der Waals surface area contributed by atoms with Gasteiger partial charge >= 0.3 is 0 Å². The maximum Gasteiger partial charge on any atom is 0.150 e. The van der Waals surface area contributed by atoms with E-state index in [4.69, 9.17) is 0 Å². The maximum atomic E-state index is 10.5. The lowest BCUT2D eigenvalue weighted by Gasteiger charge is -2.02. The van der Waals surface area contributed by atoms with E-state index in [2.05, 4.69) is 15.9 Å². The van der Waals surface area contributed by atoms with Gasteiger partial charge in [-0.1, -0.05) is 15.9 Å². The highest BCUT2D eigenvalue weighted by Crippen LogP contribution is 2.20. The first kappa shape index (κ1) is 8.47. The lowest BCUT2D eigenvalue weighted by Crippen LogP contribution is -1.88. The first-order valence-corrected chi connectivity index (χ1v) is 4.16. The zero-order valence-electron chi connectivity index (χ0n) is 6.52. The number of carbonyl (C=O) groups excluding carboxylic acids is 1. The third-order valence-electron chi connectivity index (χ3n) is 1.66. The van der Waals surface area contributed by atoms with Crippen LogP contribution < -0.4 is 0 Å². The molecule has 0 atom stereocenters. The fourth-order valence-corrected chi connectivity index (χ4v) is 1.55. The summed E-state index contributed by atoms with van der Waals surface area (Å²) in [4.78, 5) is 10.5. The van der Waals surface area contributed by atoms with E-state index in [-0.39, 0.29) is 0 Å². The van der Waals surface area contributed by atoms with Gasteiger partial charge in [-0.05, 0) is 37.1 Å². The molecule has 0 aliphatic rings. The van der Waals surface area contributed by atoms with Gasteiger partial charge in [-0.25, -0.2) is 0 Å². The predicted octanol–water partition coefficient (Wildman–Crippen LogP) is 2.88. The Kier molecular flexibility index (Phi) is 2.45. The summed E-state index contributed by atoms with van der Waals surface area (Å²) in [6, 6.07) is 3.88. The molecule has 11 heavy (non-hydrogen) atoms. The smallest absolute Gasteiger partial charge is 0.150 e. The van der Waals surface area contributed by atoms with Crippen LogP contribution in [0.1, 0.15) is 21.5 Å². The van der Waals surface area contributed by atoms with Crippen molar-refractivity contribution >= 4 is 22.2 Å². The second-order valence-electron chi connectivity index (χ2n) is 2.58. The zero-order valence-corrected chi connectivity index (χ0v) is 8.10. The first-order valence-electron chi connectivity index (χ1n) is 3.37. The normalized spacial score (nSPS) is 9.73. The molecule has 0 saturated carbocycles. The van der Waals surface area contributed by atoms with E-state index in [1.165, 1.54) is 0 Å². The highest BCUT2D eigenvalue weighted by molar-refractivity contribution is 9.10. The predicted molar refractivity (Wildman–Crippen MR) is 49.0 cm³/mol. The van der Waals surface area contributed by atoms with Crippen LogP contribution in [0.15, 0.2) is 16.6 Å². The number of aldehydes is 1. The Morgan fingerprint density at radius 2 is 2.00 bits per heavy atom. The number of hydrogen-bond acceptors (Lipinski definition) is 1. The molecule has 58 valence electrons. The van der Waals surface area contributed by atoms with Crippen molar-refractivity contribution in [1.82, 2.24) is 0 Å². The summed E-state index contributed by atoms with van der Waals surface area (Å²) < 4.78 is 1.000. The molecular formula is C9H9BrO. The minimum atomic E-state index is 0.761. The number of aryl methyl sites for hydroxylation is 1. The van der Waals surface area contributed by atoms with Crippen LogP contribution in [0.25, 0.3) is 0 Å². The Morgan fingerprint density at radius 3 is 2.55 bits per heavy atom. The maximum absolute atomic E-state index is 10.5. The molecule has 0 unspecified atom stereocenters. The van der Waals surface area contributed by atoms with Gasteiger partial charge in [-0.3, -0.25) is 4.79 Å². The molecule has 0 aliphatic carbocycles. The Bertz CT molecular complexity index is 292. The highest BCUT2D eigenvalue weighted by atomic mass is 79.9. The Hall–Kier alpha value is -0.630. The van der Waals surface area contributed by atoms with Crippen LogP contribution in [0.5, 0.6) is 0 Å². The molecule has 0 radical (unpaired) electrons. The standard InChI is InChI=1S/C9H9BrO/c1-6-3-8(5-11)7(2)9(10)4-6/h3-5H,1-2H3. The molecule has 2 heteroatoms. The number of rotatable bonds is 1. The molecule has 0 aliphatic heterocycles. The SMILES string of the molecule is Cc1cc(Br)c(C)c(C=O)c1. The topological polar surface area (TPSA) is 17.1 Å². The quantitative estimate of drug-likeness (QED) is 0.655. The Morgan fingerprint density at radius 1 is 1.36 bits per heavy atom. The van der Waals surface area contributed by atoms with Crippen molar-refractivity contribution in [2.45, 2.75) is 13.8 Å². The highest BCUT2D eigenvalue weighted by Gasteiger charge is 2.01. The molecule has 0 heterocycles. The summed E-state index contributed by atoms with van der Waals surface area (Å²) in [6.45, 7) is 3.89. The van der Waals surface area contributed by atoms with E-state index in [0.717, 1.165) is 27.4 Å². The van der Waals surface area contributed by atoms with Gasteiger partial charge in [0.15, 0.2) is 0 Å². The van der Waals surface area contributed by atoms with Gasteiger partial charge < -0.3 is 0 Å². The third-order valence-corrected chi connectivity index (χ3v) is 2.48. The van der Waals surface area contributed by atoms with Gasteiger partial charge in [0.1, 0.15) is 6.29 Å². The molecule has 0 N–H and O–H groups in total. The monoisotopic (exact) mass is 212 g/mol.